The molecule has 0 aliphatic carbocycles. The third-order valence-corrected chi connectivity index (χ3v) is 4.28. The third-order valence-electron chi connectivity index (χ3n) is 2.01. The highest BCUT2D eigenvalue weighted by molar-refractivity contribution is 8.01. The molecule has 0 saturated carbocycles. The van der Waals surface area contributed by atoms with Crippen LogP contribution < -0.4 is 10.6 Å². The number of rotatable bonds is 3. The molecule has 0 aromatic carbocycles. The minimum absolute atomic E-state index is 0.679. The SMILES string of the molecule is Cc1cc(N)cnc1Sc1nnc(N(C)C)s1. The fourth-order valence-electron chi connectivity index (χ4n) is 1.20. The van der Waals surface area contributed by atoms with E-state index in [9.17, 15) is 0 Å². The van der Waals surface area contributed by atoms with Gasteiger partial charge in [0.1, 0.15) is 5.03 Å². The molecule has 2 heterocycles. The van der Waals surface area contributed by atoms with E-state index in [-0.39, 0.29) is 0 Å². The first-order valence-corrected chi connectivity index (χ1v) is 6.60. The lowest BCUT2D eigenvalue weighted by atomic mass is 10.3. The Morgan fingerprint density at radius 1 is 1.35 bits per heavy atom. The van der Waals surface area contributed by atoms with Crippen molar-refractivity contribution in [1.82, 2.24) is 15.2 Å². The van der Waals surface area contributed by atoms with E-state index >= 15 is 0 Å². The Balaban J connectivity index is 2.19. The predicted octanol–water partition coefficient (Wildman–Crippen LogP) is 2.04. The van der Waals surface area contributed by atoms with Gasteiger partial charge in [-0.2, -0.15) is 0 Å². The normalized spacial score (nSPS) is 10.5. The van der Waals surface area contributed by atoms with Crippen molar-refractivity contribution in [2.75, 3.05) is 24.7 Å². The number of aryl methyl sites for hydroxylation is 1. The Hall–Kier alpha value is -1.34. The smallest absolute Gasteiger partial charge is 0.208 e. The van der Waals surface area contributed by atoms with E-state index in [1.807, 2.05) is 32.0 Å². The van der Waals surface area contributed by atoms with Gasteiger partial charge in [0.2, 0.25) is 5.13 Å². The summed E-state index contributed by atoms with van der Waals surface area (Å²) in [7, 11) is 3.89. The second kappa shape index (κ2) is 4.89. The van der Waals surface area contributed by atoms with Crippen molar-refractivity contribution < 1.29 is 0 Å². The van der Waals surface area contributed by atoms with Crippen LogP contribution in [0.15, 0.2) is 21.6 Å². The van der Waals surface area contributed by atoms with E-state index in [4.69, 9.17) is 5.73 Å². The largest absolute Gasteiger partial charge is 0.397 e. The molecule has 0 atom stereocenters. The van der Waals surface area contributed by atoms with Crippen molar-refractivity contribution in [2.45, 2.75) is 16.3 Å². The molecule has 2 rings (SSSR count). The summed E-state index contributed by atoms with van der Waals surface area (Å²) in [5.74, 6) is 0. The fraction of sp³-hybridized carbons (Fsp3) is 0.300. The molecule has 2 aromatic rings. The van der Waals surface area contributed by atoms with Crippen molar-refractivity contribution in [2.24, 2.45) is 0 Å². The zero-order valence-corrected chi connectivity index (χ0v) is 11.5. The van der Waals surface area contributed by atoms with Crippen LogP contribution in [0.3, 0.4) is 0 Å². The van der Waals surface area contributed by atoms with Crippen LogP contribution in [0.4, 0.5) is 10.8 Å². The molecule has 0 unspecified atom stereocenters. The average molecular weight is 267 g/mol. The van der Waals surface area contributed by atoms with Gasteiger partial charge in [-0.25, -0.2) is 4.98 Å². The second-order valence-corrected chi connectivity index (χ2v) is 5.93. The molecule has 7 heteroatoms. The van der Waals surface area contributed by atoms with Gasteiger partial charge >= 0.3 is 0 Å². The van der Waals surface area contributed by atoms with Crippen molar-refractivity contribution in [3.8, 4) is 0 Å². The summed E-state index contributed by atoms with van der Waals surface area (Å²) in [4.78, 5) is 6.23. The molecule has 90 valence electrons. The minimum Gasteiger partial charge on any atom is -0.397 e. The Morgan fingerprint density at radius 3 is 2.71 bits per heavy atom. The average Bonchev–Trinajstić information content (AvgIpc) is 2.71. The third kappa shape index (κ3) is 2.86. The van der Waals surface area contributed by atoms with E-state index in [1.165, 1.54) is 11.8 Å². The first kappa shape index (κ1) is 12.1. The maximum Gasteiger partial charge on any atom is 0.208 e. The summed E-state index contributed by atoms with van der Waals surface area (Å²) < 4.78 is 0.883. The van der Waals surface area contributed by atoms with Gasteiger partial charge in [-0.05, 0) is 30.3 Å². The lowest BCUT2D eigenvalue weighted by Gasteiger charge is -2.04. The lowest BCUT2D eigenvalue weighted by molar-refractivity contribution is 0.969. The van der Waals surface area contributed by atoms with Gasteiger partial charge in [-0.15, -0.1) is 10.2 Å². The zero-order chi connectivity index (χ0) is 12.4. The van der Waals surface area contributed by atoms with E-state index in [2.05, 4.69) is 15.2 Å². The molecule has 17 heavy (non-hydrogen) atoms. The molecule has 2 N–H and O–H groups in total. The number of anilines is 2. The molecule has 0 aliphatic rings. The summed E-state index contributed by atoms with van der Waals surface area (Å²) in [5, 5.41) is 10.0. The van der Waals surface area contributed by atoms with Crippen LogP contribution in [-0.2, 0) is 0 Å². The van der Waals surface area contributed by atoms with Gasteiger partial charge in [0, 0.05) is 14.1 Å². The molecule has 0 saturated heterocycles. The first-order valence-electron chi connectivity index (χ1n) is 4.97. The van der Waals surface area contributed by atoms with E-state index in [1.54, 1.807) is 17.5 Å². The molecule has 0 amide bonds. The molecular weight excluding hydrogens is 254 g/mol. The molecule has 2 aromatic heterocycles. The molecule has 0 aliphatic heterocycles. The summed E-state index contributed by atoms with van der Waals surface area (Å²) in [6, 6.07) is 1.91. The van der Waals surface area contributed by atoms with Crippen LogP contribution in [0.1, 0.15) is 5.56 Å². The van der Waals surface area contributed by atoms with Crippen LogP contribution in [0.25, 0.3) is 0 Å². The Kier molecular flexibility index (Phi) is 3.49. The lowest BCUT2D eigenvalue weighted by Crippen LogP contribution is -2.07. The van der Waals surface area contributed by atoms with Gasteiger partial charge in [0.05, 0.1) is 11.9 Å². The van der Waals surface area contributed by atoms with Crippen LogP contribution in [0.5, 0.6) is 0 Å². The second-order valence-electron chi connectivity index (χ2n) is 3.74. The number of nitrogen functional groups attached to an aromatic ring is 1. The predicted molar refractivity (Wildman–Crippen MR) is 71.7 cm³/mol. The van der Waals surface area contributed by atoms with Crippen molar-refractivity contribution in [3.63, 3.8) is 0 Å². The van der Waals surface area contributed by atoms with Gasteiger partial charge in [-0.1, -0.05) is 11.3 Å². The van der Waals surface area contributed by atoms with Crippen LogP contribution >= 0.6 is 23.1 Å². The molecule has 0 radical (unpaired) electrons. The molecule has 0 fully saturated rings. The van der Waals surface area contributed by atoms with Crippen LogP contribution in [0, 0.1) is 6.92 Å². The maximum absolute atomic E-state index is 5.66. The summed E-state index contributed by atoms with van der Waals surface area (Å²) in [5.41, 5.74) is 7.39. The van der Waals surface area contributed by atoms with Crippen molar-refractivity contribution >= 4 is 33.9 Å². The van der Waals surface area contributed by atoms with Gasteiger partial charge in [0.15, 0.2) is 4.34 Å². The van der Waals surface area contributed by atoms with E-state index in [0.717, 1.165) is 20.1 Å². The highest BCUT2D eigenvalue weighted by atomic mass is 32.2. The topological polar surface area (TPSA) is 67.9 Å². The summed E-state index contributed by atoms with van der Waals surface area (Å²) in [6.07, 6.45) is 1.66. The molecule has 0 bridgehead atoms. The molecule has 0 spiro atoms. The van der Waals surface area contributed by atoms with Crippen LogP contribution in [0.2, 0.25) is 0 Å². The molecule has 5 nitrogen and oxygen atoms in total. The maximum atomic E-state index is 5.66. The Morgan fingerprint density at radius 2 is 2.12 bits per heavy atom. The summed E-state index contributed by atoms with van der Waals surface area (Å²) in [6.45, 7) is 1.99. The minimum atomic E-state index is 0.679. The van der Waals surface area contributed by atoms with Gasteiger partial charge in [0.25, 0.3) is 0 Å². The number of pyridine rings is 1. The van der Waals surface area contributed by atoms with Gasteiger partial charge in [-0.3, -0.25) is 0 Å². The Bertz CT molecular complexity index is 523. The monoisotopic (exact) mass is 267 g/mol. The Labute approximate surface area is 108 Å². The van der Waals surface area contributed by atoms with E-state index < -0.39 is 0 Å². The number of hydrogen-bond donors (Lipinski definition) is 1. The van der Waals surface area contributed by atoms with Gasteiger partial charge < -0.3 is 10.6 Å². The van der Waals surface area contributed by atoms with E-state index in [0.29, 0.717) is 5.69 Å². The van der Waals surface area contributed by atoms with Crippen molar-refractivity contribution in [3.05, 3.63) is 17.8 Å². The quantitative estimate of drug-likeness (QED) is 0.918. The fourth-order valence-corrected chi connectivity index (χ4v) is 2.90. The zero-order valence-electron chi connectivity index (χ0n) is 9.84. The first-order chi connectivity index (χ1) is 8.06. The molecular formula is C10H13N5S2. The highest BCUT2D eigenvalue weighted by Crippen LogP contribution is 2.33. The highest BCUT2D eigenvalue weighted by Gasteiger charge is 2.09. The number of aromatic nitrogens is 3. The number of nitrogens with two attached hydrogens (primary N) is 1. The number of hydrogen-bond acceptors (Lipinski definition) is 7. The number of nitrogens with zero attached hydrogens (tertiary/aromatic N) is 4. The standard InChI is InChI=1S/C10H13N5S2/c1-6-4-7(11)5-12-8(6)16-10-14-13-9(17-10)15(2)3/h4-5H,11H2,1-3H3. The van der Waals surface area contributed by atoms with Crippen LogP contribution in [-0.4, -0.2) is 29.3 Å². The van der Waals surface area contributed by atoms with Crippen molar-refractivity contribution in [1.29, 1.82) is 0 Å². The summed E-state index contributed by atoms with van der Waals surface area (Å²) >= 11 is 3.06.